The van der Waals surface area contributed by atoms with Gasteiger partial charge in [0.15, 0.2) is 5.82 Å². The SMILES string of the molecule is CCNCc1nnnn1-c1ccc(C(C)C)cc1. The van der Waals surface area contributed by atoms with Crippen LogP contribution >= 0.6 is 0 Å². The summed E-state index contributed by atoms with van der Waals surface area (Å²) in [6.07, 6.45) is 0. The van der Waals surface area contributed by atoms with Gasteiger partial charge < -0.3 is 5.32 Å². The molecule has 0 aliphatic carbocycles. The van der Waals surface area contributed by atoms with Gasteiger partial charge in [0.1, 0.15) is 0 Å². The molecule has 0 spiro atoms. The summed E-state index contributed by atoms with van der Waals surface area (Å²) in [7, 11) is 0. The van der Waals surface area contributed by atoms with Crippen molar-refractivity contribution in [3.05, 3.63) is 35.7 Å². The Labute approximate surface area is 107 Å². The summed E-state index contributed by atoms with van der Waals surface area (Å²) in [5.74, 6) is 1.36. The number of benzene rings is 1. The second kappa shape index (κ2) is 5.73. The number of hydrogen-bond acceptors (Lipinski definition) is 4. The molecule has 2 rings (SSSR count). The lowest BCUT2D eigenvalue weighted by atomic mass is 10.0. The van der Waals surface area contributed by atoms with Crippen molar-refractivity contribution in [1.29, 1.82) is 0 Å². The summed E-state index contributed by atoms with van der Waals surface area (Å²) in [5, 5.41) is 15.0. The molecule has 0 amide bonds. The van der Waals surface area contributed by atoms with Crippen LogP contribution in [-0.2, 0) is 6.54 Å². The molecule has 0 aliphatic heterocycles. The zero-order valence-corrected chi connectivity index (χ0v) is 11.1. The monoisotopic (exact) mass is 245 g/mol. The minimum absolute atomic E-state index is 0.536. The van der Waals surface area contributed by atoms with Gasteiger partial charge in [-0.25, -0.2) is 0 Å². The molecule has 0 saturated carbocycles. The Morgan fingerprint density at radius 2 is 1.94 bits per heavy atom. The molecule has 0 radical (unpaired) electrons. The predicted octanol–water partition coefficient (Wildman–Crippen LogP) is 1.90. The molecule has 2 aromatic rings. The van der Waals surface area contributed by atoms with Crippen molar-refractivity contribution in [3.63, 3.8) is 0 Å². The van der Waals surface area contributed by atoms with Crippen LogP contribution in [0.15, 0.2) is 24.3 Å². The van der Waals surface area contributed by atoms with Crippen LogP contribution in [0.3, 0.4) is 0 Å². The maximum Gasteiger partial charge on any atom is 0.170 e. The van der Waals surface area contributed by atoms with E-state index in [2.05, 4.69) is 65.9 Å². The first-order chi connectivity index (χ1) is 8.72. The highest BCUT2D eigenvalue weighted by Crippen LogP contribution is 2.16. The second-order valence-electron chi connectivity index (χ2n) is 4.53. The van der Waals surface area contributed by atoms with Gasteiger partial charge in [-0.3, -0.25) is 0 Å². The third-order valence-corrected chi connectivity index (χ3v) is 2.87. The zero-order valence-electron chi connectivity index (χ0n) is 11.1. The third-order valence-electron chi connectivity index (χ3n) is 2.87. The highest BCUT2D eigenvalue weighted by molar-refractivity contribution is 5.35. The minimum Gasteiger partial charge on any atom is -0.310 e. The highest BCUT2D eigenvalue weighted by atomic mass is 15.5. The van der Waals surface area contributed by atoms with Crippen LogP contribution in [0.2, 0.25) is 0 Å². The lowest BCUT2D eigenvalue weighted by Crippen LogP contribution is -2.16. The molecule has 0 atom stereocenters. The van der Waals surface area contributed by atoms with Crippen molar-refractivity contribution in [2.24, 2.45) is 0 Å². The maximum atomic E-state index is 4.03. The van der Waals surface area contributed by atoms with E-state index in [1.165, 1.54) is 5.56 Å². The van der Waals surface area contributed by atoms with Crippen molar-refractivity contribution < 1.29 is 0 Å². The van der Waals surface area contributed by atoms with E-state index in [1.54, 1.807) is 4.68 Å². The quantitative estimate of drug-likeness (QED) is 0.874. The Kier molecular flexibility index (Phi) is 4.04. The minimum atomic E-state index is 0.536. The van der Waals surface area contributed by atoms with Gasteiger partial charge in [-0.1, -0.05) is 32.9 Å². The molecule has 1 aromatic carbocycles. The highest BCUT2D eigenvalue weighted by Gasteiger charge is 2.07. The number of tetrazole rings is 1. The van der Waals surface area contributed by atoms with Crippen LogP contribution in [0.4, 0.5) is 0 Å². The Bertz CT molecular complexity index is 486. The zero-order chi connectivity index (χ0) is 13.0. The van der Waals surface area contributed by atoms with E-state index < -0.39 is 0 Å². The van der Waals surface area contributed by atoms with E-state index in [9.17, 15) is 0 Å². The molecule has 1 N–H and O–H groups in total. The molecule has 5 heteroatoms. The lowest BCUT2D eigenvalue weighted by Gasteiger charge is -2.08. The van der Waals surface area contributed by atoms with Gasteiger partial charge in [-0.2, -0.15) is 4.68 Å². The molecule has 96 valence electrons. The summed E-state index contributed by atoms with van der Waals surface area (Å²) in [4.78, 5) is 0. The third kappa shape index (κ3) is 2.73. The van der Waals surface area contributed by atoms with E-state index in [0.29, 0.717) is 12.5 Å². The summed E-state index contributed by atoms with van der Waals surface area (Å²) in [6, 6.07) is 8.36. The Morgan fingerprint density at radius 1 is 1.22 bits per heavy atom. The fourth-order valence-electron chi connectivity index (χ4n) is 1.75. The van der Waals surface area contributed by atoms with Gasteiger partial charge >= 0.3 is 0 Å². The molecule has 0 unspecified atom stereocenters. The first-order valence-corrected chi connectivity index (χ1v) is 6.30. The van der Waals surface area contributed by atoms with Crippen molar-refractivity contribution in [1.82, 2.24) is 25.5 Å². The van der Waals surface area contributed by atoms with Crippen LogP contribution in [-0.4, -0.2) is 26.8 Å². The largest absolute Gasteiger partial charge is 0.310 e. The fourth-order valence-corrected chi connectivity index (χ4v) is 1.75. The molecule has 18 heavy (non-hydrogen) atoms. The van der Waals surface area contributed by atoms with Crippen LogP contribution in [0.5, 0.6) is 0 Å². The molecule has 0 aliphatic rings. The van der Waals surface area contributed by atoms with Gasteiger partial charge in [0.05, 0.1) is 12.2 Å². The standard InChI is InChI=1S/C13H19N5/c1-4-14-9-13-15-16-17-18(13)12-7-5-11(6-8-12)10(2)3/h5-8,10,14H,4,9H2,1-3H3. The van der Waals surface area contributed by atoms with Crippen LogP contribution in [0.25, 0.3) is 5.69 Å². The smallest absolute Gasteiger partial charge is 0.170 e. The number of nitrogens with one attached hydrogen (secondary N) is 1. The Morgan fingerprint density at radius 3 is 2.56 bits per heavy atom. The first kappa shape index (κ1) is 12.7. The number of nitrogens with zero attached hydrogens (tertiary/aromatic N) is 4. The van der Waals surface area contributed by atoms with Crippen LogP contribution in [0.1, 0.15) is 38.1 Å². The van der Waals surface area contributed by atoms with E-state index in [4.69, 9.17) is 0 Å². The second-order valence-corrected chi connectivity index (χ2v) is 4.53. The first-order valence-electron chi connectivity index (χ1n) is 6.30. The van der Waals surface area contributed by atoms with Gasteiger partial charge in [0.25, 0.3) is 0 Å². The number of hydrogen-bond donors (Lipinski definition) is 1. The fraction of sp³-hybridized carbons (Fsp3) is 0.462. The molecule has 1 heterocycles. The normalized spacial score (nSPS) is 11.1. The van der Waals surface area contributed by atoms with Crippen molar-refractivity contribution in [2.45, 2.75) is 33.2 Å². The average Bonchev–Trinajstić information content (AvgIpc) is 2.84. The van der Waals surface area contributed by atoms with Gasteiger partial charge in [-0.05, 0) is 40.6 Å². The van der Waals surface area contributed by atoms with Gasteiger partial charge in [0.2, 0.25) is 0 Å². The van der Waals surface area contributed by atoms with E-state index >= 15 is 0 Å². The maximum absolute atomic E-state index is 4.03. The van der Waals surface area contributed by atoms with Crippen LogP contribution in [0, 0.1) is 0 Å². The Balaban J connectivity index is 2.23. The molecule has 5 nitrogen and oxygen atoms in total. The molecule has 0 fully saturated rings. The molecular weight excluding hydrogens is 226 g/mol. The summed E-state index contributed by atoms with van der Waals surface area (Å²) in [5.41, 5.74) is 2.32. The summed E-state index contributed by atoms with van der Waals surface area (Å²) < 4.78 is 1.77. The predicted molar refractivity (Wildman–Crippen MR) is 70.6 cm³/mol. The molecular formula is C13H19N5. The topological polar surface area (TPSA) is 55.6 Å². The average molecular weight is 245 g/mol. The molecule has 0 bridgehead atoms. The van der Waals surface area contributed by atoms with Gasteiger partial charge in [-0.15, -0.1) is 5.10 Å². The summed E-state index contributed by atoms with van der Waals surface area (Å²) in [6.45, 7) is 8.01. The molecule has 1 aromatic heterocycles. The number of rotatable bonds is 5. The van der Waals surface area contributed by atoms with E-state index in [1.807, 2.05) is 0 Å². The summed E-state index contributed by atoms with van der Waals surface area (Å²) >= 11 is 0. The lowest BCUT2D eigenvalue weighted by molar-refractivity contribution is 0.663. The van der Waals surface area contributed by atoms with Gasteiger partial charge in [0, 0.05) is 0 Å². The van der Waals surface area contributed by atoms with Crippen molar-refractivity contribution in [2.75, 3.05) is 6.54 Å². The van der Waals surface area contributed by atoms with E-state index in [-0.39, 0.29) is 0 Å². The van der Waals surface area contributed by atoms with Crippen LogP contribution < -0.4 is 5.32 Å². The Hall–Kier alpha value is -1.75. The molecule has 0 saturated heterocycles. The van der Waals surface area contributed by atoms with Crippen molar-refractivity contribution >= 4 is 0 Å². The van der Waals surface area contributed by atoms with Crippen molar-refractivity contribution in [3.8, 4) is 5.69 Å². The number of aromatic nitrogens is 4. The van der Waals surface area contributed by atoms with E-state index in [0.717, 1.165) is 18.1 Å².